The Morgan fingerprint density at radius 3 is 2.90 bits per heavy atom. The molecule has 156 valence electrons. The van der Waals surface area contributed by atoms with E-state index in [1.165, 1.54) is 0 Å². The maximum atomic E-state index is 5.91. The van der Waals surface area contributed by atoms with Crippen molar-refractivity contribution in [1.29, 1.82) is 0 Å². The number of nitrogens with zero attached hydrogens (tertiary/aromatic N) is 1. The first kappa shape index (κ1) is 21.5. The Bertz CT molecular complexity index is 822. The minimum atomic E-state index is 0.537. The van der Waals surface area contributed by atoms with Crippen molar-refractivity contribution in [2.24, 2.45) is 5.10 Å². The van der Waals surface area contributed by atoms with E-state index < -0.39 is 0 Å². The van der Waals surface area contributed by atoms with E-state index in [-0.39, 0.29) is 0 Å². The molecule has 29 heavy (non-hydrogen) atoms. The number of hydrazone groups is 1. The fraction of sp³-hybridized carbons (Fsp3) is 0.455. The zero-order chi connectivity index (χ0) is 20.3. The first-order valence-corrected chi connectivity index (χ1v) is 10.8. The molecule has 0 amide bonds. The second-order valence-electron chi connectivity index (χ2n) is 7.14. The van der Waals surface area contributed by atoms with Gasteiger partial charge in [0.25, 0.3) is 0 Å². The average Bonchev–Trinajstić information content (AvgIpc) is 2.76. The molecule has 7 heteroatoms. The van der Waals surface area contributed by atoms with Gasteiger partial charge in [-0.05, 0) is 35.5 Å². The van der Waals surface area contributed by atoms with Gasteiger partial charge in [0.2, 0.25) is 0 Å². The van der Waals surface area contributed by atoms with E-state index >= 15 is 0 Å². The summed E-state index contributed by atoms with van der Waals surface area (Å²) in [4.78, 5) is 1.60. The fourth-order valence-corrected chi connectivity index (χ4v) is 3.55. The molecule has 6 nitrogen and oxygen atoms in total. The van der Waals surface area contributed by atoms with Crippen LogP contribution in [0.2, 0.25) is 0 Å². The summed E-state index contributed by atoms with van der Waals surface area (Å²) in [6.07, 6.45) is 3.82. The van der Waals surface area contributed by atoms with Crippen molar-refractivity contribution in [2.75, 3.05) is 46.0 Å². The number of thiocarbonyl (C=S) groups is 1. The van der Waals surface area contributed by atoms with Crippen molar-refractivity contribution in [3.63, 3.8) is 0 Å². The van der Waals surface area contributed by atoms with Gasteiger partial charge in [-0.3, -0.25) is 5.43 Å². The second-order valence-corrected chi connectivity index (χ2v) is 7.55. The average molecular weight is 416 g/mol. The molecule has 3 rings (SSSR count). The summed E-state index contributed by atoms with van der Waals surface area (Å²) in [6.45, 7) is 8.69. The van der Waals surface area contributed by atoms with Crippen LogP contribution in [-0.4, -0.2) is 57.3 Å². The molecular formula is C22H31N4O2S+. The summed E-state index contributed by atoms with van der Waals surface area (Å²) in [5, 5.41) is 10.4. The second kappa shape index (κ2) is 11.7. The number of nitrogens with one attached hydrogen (secondary N) is 3. The third-order valence-corrected chi connectivity index (χ3v) is 5.18. The van der Waals surface area contributed by atoms with E-state index in [9.17, 15) is 0 Å². The first-order valence-electron chi connectivity index (χ1n) is 10.4. The molecular weight excluding hydrogens is 384 g/mol. The monoisotopic (exact) mass is 415 g/mol. The largest absolute Gasteiger partial charge is 0.493 e. The van der Waals surface area contributed by atoms with Gasteiger partial charge in [0.15, 0.2) is 5.11 Å². The van der Waals surface area contributed by atoms with E-state index in [1.54, 1.807) is 11.1 Å². The highest BCUT2D eigenvalue weighted by molar-refractivity contribution is 7.80. The molecule has 1 aliphatic rings. The van der Waals surface area contributed by atoms with Crippen molar-refractivity contribution in [2.45, 2.75) is 19.8 Å². The smallest absolute Gasteiger partial charge is 0.186 e. The van der Waals surface area contributed by atoms with Crippen LogP contribution >= 0.6 is 12.2 Å². The van der Waals surface area contributed by atoms with E-state index in [4.69, 9.17) is 21.7 Å². The number of quaternary nitrogens is 1. The number of benzene rings is 2. The minimum absolute atomic E-state index is 0.537. The van der Waals surface area contributed by atoms with Crippen LogP contribution in [0.25, 0.3) is 10.8 Å². The van der Waals surface area contributed by atoms with Crippen molar-refractivity contribution >= 4 is 34.3 Å². The van der Waals surface area contributed by atoms with Crippen molar-refractivity contribution in [3.05, 3.63) is 42.0 Å². The Morgan fingerprint density at radius 1 is 1.24 bits per heavy atom. The van der Waals surface area contributed by atoms with Crippen molar-refractivity contribution < 1.29 is 14.4 Å². The number of ether oxygens (including phenoxy) is 2. The molecule has 2 aromatic carbocycles. The lowest BCUT2D eigenvalue weighted by Crippen LogP contribution is -3.14. The van der Waals surface area contributed by atoms with Crippen LogP contribution in [0.5, 0.6) is 5.75 Å². The summed E-state index contributed by atoms with van der Waals surface area (Å²) < 4.78 is 11.3. The van der Waals surface area contributed by atoms with Gasteiger partial charge in [-0.1, -0.05) is 37.3 Å². The Kier molecular flexibility index (Phi) is 8.67. The molecule has 0 aromatic heterocycles. The maximum absolute atomic E-state index is 5.91. The zero-order valence-electron chi connectivity index (χ0n) is 17.1. The van der Waals surface area contributed by atoms with E-state index in [1.807, 2.05) is 18.2 Å². The molecule has 0 unspecified atom stereocenters. The lowest BCUT2D eigenvalue weighted by atomic mass is 10.0. The molecule has 1 saturated heterocycles. The molecule has 0 aliphatic carbocycles. The number of hydrogen-bond acceptors (Lipinski definition) is 4. The van der Waals surface area contributed by atoms with Crippen LogP contribution in [0.15, 0.2) is 41.5 Å². The summed E-state index contributed by atoms with van der Waals surface area (Å²) in [5.41, 5.74) is 3.89. The summed E-state index contributed by atoms with van der Waals surface area (Å²) >= 11 is 5.34. The van der Waals surface area contributed by atoms with Gasteiger partial charge >= 0.3 is 0 Å². The topological polar surface area (TPSA) is 59.3 Å². The minimum Gasteiger partial charge on any atom is -0.493 e. The molecule has 0 bridgehead atoms. The highest BCUT2D eigenvalue weighted by Gasteiger charge is 2.12. The number of morpholine rings is 1. The Balaban J connectivity index is 1.52. The molecule has 2 aromatic rings. The molecule has 1 heterocycles. The summed E-state index contributed by atoms with van der Waals surface area (Å²) in [5.74, 6) is 0.837. The van der Waals surface area contributed by atoms with Crippen LogP contribution in [0.1, 0.15) is 25.3 Å². The highest BCUT2D eigenvalue weighted by Crippen LogP contribution is 2.26. The molecule has 0 radical (unpaired) electrons. The van der Waals surface area contributed by atoms with E-state index in [0.717, 1.165) is 74.3 Å². The van der Waals surface area contributed by atoms with Crippen LogP contribution in [-0.2, 0) is 4.74 Å². The zero-order valence-corrected chi connectivity index (χ0v) is 17.9. The van der Waals surface area contributed by atoms with Crippen LogP contribution in [0, 0.1) is 0 Å². The van der Waals surface area contributed by atoms with Crippen LogP contribution < -0.4 is 20.4 Å². The van der Waals surface area contributed by atoms with Gasteiger partial charge in [-0.2, -0.15) is 5.10 Å². The van der Waals surface area contributed by atoms with Crippen LogP contribution in [0.4, 0.5) is 0 Å². The quantitative estimate of drug-likeness (QED) is 0.252. The Hall–Kier alpha value is -2.22. The van der Waals surface area contributed by atoms with Crippen LogP contribution in [0.3, 0.4) is 0 Å². The first-order chi connectivity index (χ1) is 14.3. The lowest BCUT2D eigenvalue weighted by molar-refractivity contribution is -0.908. The van der Waals surface area contributed by atoms with Gasteiger partial charge in [0, 0.05) is 18.5 Å². The molecule has 0 saturated carbocycles. The van der Waals surface area contributed by atoms with Gasteiger partial charge in [-0.15, -0.1) is 0 Å². The van der Waals surface area contributed by atoms with Gasteiger partial charge in [0.05, 0.1) is 32.6 Å². The summed E-state index contributed by atoms with van der Waals surface area (Å²) in [6, 6.07) is 12.3. The molecule has 0 spiro atoms. The maximum Gasteiger partial charge on any atom is 0.186 e. The molecule has 0 atom stereocenters. The molecule has 1 fully saturated rings. The van der Waals surface area contributed by atoms with E-state index in [2.05, 4.69) is 41.0 Å². The highest BCUT2D eigenvalue weighted by atomic mass is 32.1. The lowest BCUT2D eigenvalue weighted by Gasteiger charge is -2.23. The fourth-order valence-electron chi connectivity index (χ4n) is 3.39. The predicted octanol–water partition coefficient (Wildman–Crippen LogP) is 1.73. The third-order valence-electron chi connectivity index (χ3n) is 4.94. The van der Waals surface area contributed by atoms with Gasteiger partial charge in [0.1, 0.15) is 18.8 Å². The van der Waals surface area contributed by atoms with Gasteiger partial charge < -0.3 is 19.7 Å². The predicted molar refractivity (Wildman–Crippen MR) is 122 cm³/mol. The SMILES string of the molecule is CCCOc1ccc2ccccc2c1/C=N\NC(=S)NCCC[NH+]1CCOCC1. The Morgan fingerprint density at radius 2 is 2.07 bits per heavy atom. The standard InChI is InChI=1S/C22H30N4O2S/c1-2-14-28-21-9-8-18-6-3-4-7-19(18)20(21)17-24-25-22(29)23-10-5-11-26-12-15-27-16-13-26/h3-4,6-9,17H,2,5,10-16H2,1H3,(H2,23,25,29)/p+1/b24-17-. The number of hydrogen-bond donors (Lipinski definition) is 3. The van der Waals surface area contributed by atoms with Crippen molar-refractivity contribution in [3.8, 4) is 5.75 Å². The molecule has 3 N–H and O–H groups in total. The van der Waals surface area contributed by atoms with E-state index in [0.29, 0.717) is 11.7 Å². The molecule has 1 aliphatic heterocycles. The normalized spacial score (nSPS) is 14.9. The number of fused-ring (bicyclic) bond motifs is 1. The summed E-state index contributed by atoms with van der Waals surface area (Å²) in [7, 11) is 0. The van der Waals surface area contributed by atoms with Crippen molar-refractivity contribution in [1.82, 2.24) is 10.7 Å². The Labute approximate surface area is 178 Å². The number of rotatable bonds is 9. The van der Waals surface area contributed by atoms with Gasteiger partial charge in [-0.25, -0.2) is 0 Å². The third kappa shape index (κ3) is 6.66.